The number of aromatic nitrogens is 5. The first-order chi connectivity index (χ1) is 17.6. The van der Waals surface area contributed by atoms with E-state index in [0.717, 1.165) is 17.5 Å². The molecule has 10 nitrogen and oxygen atoms in total. The lowest BCUT2D eigenvalue weighted by atomic mass is 10.1. The fraction of sp³-hybridized carbons (Fsp3) is 0.208. The summed E-state index contributed by atoms with van der Waals surface area (Å²) in [6.07, 6.45) is -2.42. The van der Waals surface area contributed by atoms with Gasteiger partial charge in [0.15, 0.2) is 5.82 Å². The van der Waals surface area contributed by atoms with Gasteiger partial charge in [0.1, 0.15) is 29.4 Å². The minimum atomic E-state index is -4.71. The van der Waals surface area contributed by atoms with Crippen LogP contribution < -0.4 is 20.7 Å². The second kappa shape index (κ2) is 10.1. The summed E-state index contributed by atoms with van der Waals surface area (Å²) in [7, 11) is 2.99. The van der Waals surface area contributed by atoms with Gasteiger partial charge in [0.2, 0.25) is 0 Å². The number of halogens is 3. The van der Waals surface area contributed by atoms with Crippen molar-refractivity contribution < 1.29 is 22.7 Å². The maximum Gasteiger partial charge on any atom is 0.433 e. The second-order valence-corrected chi connectivity index (χ2v) is 7.97. The Labute approximate surface area is 209 Å². The molecule has 4 rings (SSSR count). The Morgan fingerprint density at radius 2 is 1.84 bits per heavy atom. The number of rotatable bonds is 7. The predicted molar refractivity (Wildman–Crippen MR) is 132 cm³/mol. The van der Waals surface area contributed by atoms with E-state index in [0.29, 0.717) is 34.9 Å². The van der Waals surface area contributed by atoms with Crippen molar-refractivity contribution in [3.05, 3.63) is 71.4 Å². The van der Waals surface area contributed by atoms with Gasteiger partial charge in [0.05, 0.1) is 24.6 Å². The van der Waals surface area contributed by atoms with Gasteiger partial charge in [-0.3, -0.25) is 4.79 Å². The zero-order valence-corrected chi connectivity index (χ0v) is 20.3. The molecule has 1 aromatic carbocycles. The Morgan fingerprint density at radius 1 is 1.05 bits per heavy atom. The smallest absolute Gasteiger partial charge is 0.433 e. The number of benzene rings is 1. The average molecular weight is 512 g/mol. The monoisotopic (exact) mass is 512 g/mol. The largest absolute Gasteiger partial charge is 0.494 e. The molecule has 192 valence electrons. The molecule has 13 heteroatoms. The van der Waals surface area contributed by atoms with Crippen LogP contribution in [-0.4, -0.2) is 44.8 Å². The van der Waals surface area contributed by atoms with Crippen LogP contribution in [0.25, 0.3) is 5.82 Å². The maximum atomic E-state index is 13.1. The van der Waals surface area contributed by atoms with E-state index in [2.05, 4.69) is 36.0 Å². The number of anilines is 4. The van der Waals surface area contributed by atoms with E-state index in [9.17, 15) is 18.0 Å². The average Bonchev–Trinajstić information content (AvgIpc) is 3.24. The highest BCUT2D eigenvalue weighted by Crippen LogP contribution is 2.31. The quantitative estimate of drug-likeness (QED) is 0.325. The molecule has 0 unspecified atom stereocenters. The molecule has 0 spiro atoms. The molecular formula is C24H23F3N8O2. The molecule has 0 radical (unpaired) electrons. The minimum Gasteiger partial charge on any atom is -0.494 e. The van der Waals surface area contributed by atoms with Gasteiger partial charge in [-0.05, 0) is 37.6 Å². The zero-order chi connectivity index (χ0) is 26.7. The van der Waals surface area contributed by atoms with Crippen molar-refractivity contribution in [2.45, 2.75) is 20.0 Å². The Bertz CT molecular complexity index is 1450. The van der Waals surface area contributed by atoms with Crippen molar-refractivity contribution >= 4 is 28.9 Å². The Hall–Kier alpha value is -4.68. The Morgan fingerprint density at radius 3 is 2.54 bits per heavy atom. The Balaban J connectivity index is 1.62. The number of aryl methyl sites for hydroxylation is 2. The number of ether oxygens (including phenoxy) is 1. The normalized spacial score (nSPS) is 11.2. The van der Waals surface area contributed by atoms with Gasteiger partial charge in [-0.2, -0.15) is 23.0 Å². The summed E-state index contributed by atoms with van der Waals surface area (Å²) in [5.74, 6) is 0.894. The molecule has 37 heavy (non-hydrogen) atoms. The number of hydrogen-bond donors (Lipinski definition) is 3. The van der Waals surface area contributed by atoms with E-state index in [1.807, 2.05) is 19.9 Å². The van der Waals surface area contributed by atoms with E-state index >= 15 is 0 Å². The molecule has 0 aliphatic carbocycles. The van der Waals surface area contributed by atoms with E-state index < -0.39 is 17.8 Å². The fourth-order valence-electron chi connectivity index (χ4n) is 3.47. The first-order valence-electron chi connectivity index (χ1n) is 11.0. The minimum absolute atomic E-state index is 0.0823. The molecule has 3 N–H and O–H groups in total. The number of nitrogens with one attached hydrogen (secondary N) is 3. The van der Waals surface area contributed by atoms with E-state index in [1.54, 1.807) is 36.0 Å². The molecule has 3 aromatic heterocycles. The van der Waals surface area contributed by atoms with Gasteiger partial charge < -0.3 is 20.7 Å². The molecule has 3 heterocycles. The van der Waals surface area contributed by atoms with Gasteiger partial charge in [-0.15, -0.1) is 0 Å². The summed E-state index contributed by atoms with van der Waals surface area (Å²) in [5.41, 5.74) is 1.09. The lowest BCUT2D eigenvalue weighted by Gasteiger charge is -2.15. The highest BCUT2D eigenvalue weighted by Gasteiger charge is 2.34. The first-order valence-corrected chi connectivity index (χ1v) is 11.0. The Kier molecular flexibility index (Phi) is 6.96. The molecule has 0 fully saturated rings. The van der Waals surface area contributed by atoms with Crippen LogP contribution in [0.15, 0.2) is 48.9 Å². The molecule has 4 aromatic rings. The summed E-state index contributed by atoms with van der Waals surface area (Å²) >= 11 is 0. The highest BCUT2D eigenvalue weighted by atomic mass is 19.4. The van der Waals surface area contributed by atoms with Crippen LogP contribution in [0.5, 0.6) is 5.75 Å². The van der Waals surface area contributed by atoms with Crippen molar-refractivity contribution in [2.24, 2.45) is 0 Å². The van der Waals surface area contributed by atoms with Gasteiger partial charge in [0, 0.05) is 30.6 Å². The lowest BCUT2D eigenvalue weighted by Crippen LogP contribution is -2.16. The number of amides is 1. The number of alkyl halides is 3. The molecule has 0 saturated heterocycles. The molecule has 0 saturated carbocycles. The lowest BCUT2D eigenvalue weighted by molar-refractivity contribution is -0.141. The van der Waals surface area contributed by atoms with Crippen molar-refractivity contribution in [1.29, 1.82) is 0 Å². The van der Waals surface area contributed by atoms with Crippen molar-refractivity contribution in [1.82, 2.24) is 24.7 Å². The third kappa shape index (κ3) is 5.60. The van der Waals surface area contributed by atoms with Crippen LogP contribution >= 0.6 is 0 Å². The van der Waals surface area contributed by atoms with Crippen LogP contribution in [0, 0.1) is 13.8 Å². The third-order valence-corrected chi connectivity index (χ3v) is 5.34. The molecule has 0 aliphatic rings. The van der Waals surface area contributed by atoms with Crippen molar-refractivity contribution in [3.63, 3.8) is 0 Å². The number of pyridine rings is 1. The summed E-state index contributed by atoms with van der Waals surface area (Å²) in [6, 6.07) is 9.29. The maximum absolute atomic E-state index is 13.1. The number of carbonyl (C=O) groups is 1. The number of methoxy groups -OCH3 is 1. The van der Waals surface area contributed by atoms with Gasteiger partial charge in [0.25, 0.3) is 5.91 Å². The second-order valence-electron chi connectivity index (χ2n) is 7.97. The number of hydrogen-bond acceptors (Lipinski definition) is 8. The van der Waals surface area contributed by atoms with Crippen LogP contribution in [0.3, 0.4) is 0 Å². The summed E-state index contributed by atoms with van der Waals surface area (Å²) in [6.45, 7) is 3.70. The standard InChI is InChI=1S/C24H23F3N8O2/c1-13-5-6-15(32-23(36)16-9-19(24(25,26)27)29-11-18(16)37-4)8-17(13)33-22-7-14(2)34-35(22)21-10-20(28-3)30-12-31-21/h5-12,33H,1-4H3,(H,32,36)(H,28,30,31). The van der Waals surface area contributed by atoms with Crippen molar-refractivity contribution in [3.8, 4) is 11.6 Å². The number of carbonyl (C=O) groups excluding carboxylic acids is 1. The predicted octanol–water partition coefficient (Wildman–Crippen LogP) is 4.74. The summed E-state index contributed by atoms with van der Waals surface area (Å²) in [5, 5.41) is 13.4. The van der Waals surface area contributed by atoms with E-state index in [4.69, 9.17) is 4.74 Å². The van der Waals surface area contributed by atoms with Gasteiger partial charge in [-0.25, -0.2) is 15.0 Å². The van der Waals surface area contributed by atoms with Crippen molar-refractivity contribution in [2.75, 3.05) is 30.1 Å². The zero-order valence-electron chi connectivity index (χ0n) is 20.3. The molecule has 0 bridgehead atoms. The van der Waals surface area contributed by atoms with Crippen LogP contribution in [0.2, 0.25) is 0 Å². The number of nitrogens with zero attached hydrogens (tertiary/aromatic N) is 5. The van der Waals surface area contributed by atoms with Crippen LogP contribution in [0.4, 0.5) is 36.2 Å². The van der Waals surface area contributed by atoms with Gasteiger partial charge in [-0.1, -0.05) is 6.07 Å². The first kappa shape index (κ1) is 25.4. The van der Waals surface area contributed by atoms with Crippen LogP contribution in [0.1, 0.15) is 27.3 Å². The fourth-order valence-corrected chi connectivity index (χ4v) is 3.47. The highest BCUT2D eigenvalue weighted by molar-refractivity contribution is 6.06. The molecule has 1 amide bonds. The third-order valence-electron chi connectivity index (χ3n) is 5.34. The van der Waals surface area contributed by atoms with E-state index in [1.165, 1.54) is 13.4 Å². The van der Waals surface area contributed by atoms with E-state index in [-0.39, 0.29) is 11.3 Å². The molecule has 0 atom stereocenters. The van der Waals surface area contributed by atoms with Gasteiger partial charge >= 0.3 is 6.18 Å². The SMILES string of the molecule is CNc1cc(-n2nc(C)cc2Nc2cc(NC(=O)c3cc(C(F)(F)F)ncc3OC)ccc2C)ncn1. The summed E-state index contributed by atoms with van der Waals surface area (Å²) in [4.78, 5) is 24.6. The molecular weight excluding hydrogens is 489 g/mol. The summed E-state index contributed by atoms with van der Waals surface area (Å²) < 4.78 is 46.1. The topological polar surface area (TPSA) is 119 Å². The molecule has 0 aliphatic heterocycles. The van der Waals surface area contributed by atoms with Crippen LogP contribution in [-0.2, 0) is 6.18 Å².